The van der Waals surface area contributed by atoms with E-state index in [1.165, 1.54) is 6.07 Å². The Morgan fingerprint density at radius 1 is 1.44 bits per heavy atom. The van der Waals surface area contributed by atoms with Gasteiger partial charge in [0, 0.05) is 22.5 Å². The first-order chi connectivity index (χ1) is 7.74. The first kappa shape index (κ1) is 11.5. The van der Waals surface area contributed by atoms with Crippen LogP contribution in [0.25, 0.3) is 0 Å². The fourth-order valence-corrected chi connectivity index (χ4v) is 2.28. The Labute approximate surface area is 101 Å². The molecule has 0 radical (unpaired) electrons. The molecule has 6 heteroatoms. The minimum Gasteiger partial charge on any atom is -0.346 e. The molecule has 2 rings (SSSR count). The van der Waals surface area contributed by atoms with Gasteiger partial charge in [-0.25, -0.2) is 0 Å². The van der Waals surface area contributed by atoms with E-state index in [1.807, 2.05) is 0 Å². The molecule has 1 aromatic rings. The summed E-state index contributed by atoms with van der Waals surface area (Å²) in [7, 11) is 0. The monoisotopic (exact) mass is 287 g/mol. The van der Waals surface area contributed by atoms with Gasteiger partial charge in [-0.05, 0) is 0 Å². The molecule has 0 amide bonds. The van der Waals surface area contributed by atoms with Crippen LogP contribution in [-0.4, -0.2) is 18.1 Å². The molecule has 86 valence electrons. The van der Waals surface area contributed by atoms with Gasteiger partial charge in [-0.15, -0.1) is 0 Å². The van der Waals surface area contributed by atoms with Crippen LogP contribution in [0.3, 0.4) is 0 Å². The number of rotatable bonds is 3. The van der Waals surface area contributed by atoms with Crippen molar-refractivity contribution in [3.63, 3.8) is 0 Å². The van der Waals surface area contributed by atoms with E-state index in [9.17, 15) is 10.1 Å². The van der Waals surface area contributed by atoms with E-state index in [0.29, 0.717) is 24.1 Å². The third kappa shape index (κ3) is 2.09. The van der Waals surface area contributed by atoms with Crippen LogP contribution in [0.2, 0.25) is 0 Å². The smallest absolute Gasteiger partial charge is 0.273 e. The summed E-state index contributed by atoms with van der Waals surface area (Å²) >= 11 is 3.26. The minimum absolute atomic E-state index is 0.0912. The Morgan fingerprint density at radius 2 is 2.12 bits per heavy atom. The summed E-state index contributed by atoms with van der Waals surface area (Å²) in [5.41, 5.74) is 1.43. The lowest BCUT2D eigenvalue weighted by molar-refractivity contribution is -0.385. The van der Waals surface area contributed by atoms with Crippen molar-refractivity contribution < 1.29 is 14.4 Å². The van der Waals surface area contributed by atoms with E-state index >= 15 is 0 Å². The summed E-state index contributed by atoms with van der Waals surface area (Å²) in [4.78, 5) is 10.5. The van der Waals surface area contributed by atoms with Gasteiger partial charge in [-0.1, -0.05) is 28.1 Å². The van der Waals surface area contributed by atoms with E-state index < -0.39 is 11.2 Å². The van der Waals surface area contributed by atoms with Crippen LogP contribution < -0.4 is 0 Å². The van der Waals surface area contributed by atoms with Crippen molar-refractivity contribution >= 4 is 21.6 Å². The number of benzene rings is 1. The fraction of sp³-hybridized carbons (Fsp3) is 0.400. The van der Waals surface area contributed by atoms with Crippen molar-refractivity contribution in [2.75, 3.05) is 13.2 Å². The van der Waals surface area contributed by atoms with E-state index in [1.54, 1.807) is 12.1 Å². The SMILES string of the molecule is O=[N+]([O-])c1cccc(C2OCCO2)c1CBr. The van der Waals surface area contributed by atoms with Crippen molar-refractivity contribution in [2.45, 2.75) is 11.6 Å². The number of nitro groups is 1. The quantitative estimate of drug-likeness (QED) is 0.487. The van der Waals surface area contributed by atoms with Crippen LogP contribution >= 0.6 is 15.9 Å². The van der Waals surface area contributed by atoms with E-state index in [2.05, 4.69) is 15.9 Å². The van der Waals surface area contributed by atoms with Gasteiger partial charge in [-0.3, -0.25) is 10.1 Å². The first-order valence-electron chi connectivity index (χ1n) is 4.79. The number of alkyl halides is 1. The van der Waals surface area contributed by atoms with Crippen molar-refractivity contribution in [1.29, 1.82) is 0 Å². The Hall–Kier alpha value is -0.980. The Kier molecular flexibility index (Phi) is 3.52. The summed E-state index contributed by atoms with van der Waals surface area (Å²) in [5, 5.41) is 11.3. The molecule has 0 aromatic heterocycles. The Bertz CT molecular complexity index is 404. The van der Waals surface area contributed by atoms with Crippen molar-refractivity contribution in [3.8, 4) is 0 Å². The lowest BCUT2D eigenvalue weighted by Gasteiger charge is -2.13. The molecule has 1 aromatic carbocycles. The molecule has 1 aliphatic rings. The molecule has 0 atom stereocenters. The summed E-state index contributed by atoms with van der Waals surface area (Å²) in [6.45, 7) is 1.05. The van der Waals surface area contributed by atoms with Gasteiger partial charge >= 0.3 is 0 Å². The highest BCUT2D eigenvalue weighted by atomic mass is 79.9. The molecule has 1 saturated heterocycles. The molecule has 0 N–H and O–H groups in total. The molecule has 0 unspecified atom stereocenters. The topological polar surface area (TPSA) is 61.6 Å². The first-order valence-corrected chi connectivity index (χ1v) is 5.91. The minimum atomic E-state index is -0.479. The number of ether oxygens (including phenoxy) is 2. The van der Waals surface area contributed by atoms with E-state index in [-0.39, 0.29) is 5.69 Å². The molecule has 1 fully saturated rings. The highest BCUT2D eigenvalue weighted by Gasteiger charge is 2.25. The van der Waals surface area contributed by atoms with Gasteiger partial charge in [0.25, 0.3) is 5.69 Å². The molecule has 5 nitrogen and oxygen atoms in total. The number of hydrogen-bond acceptors (Lipinski definition) is 4. The average Bonchev–Trinajstić information content (AvgIpc) is 2.81. The summed E-state index contributed by atoms with van der Waals surface area (Å²) < 4.78 is 10.7. The van der Waals surface area contributed by atoms with E-state index in [4.69, 9.17) is 9.47 Å². The maximum Gasteiger partial charge on any atom is 0.273 e. The van der Waals surface area contributed by atoms with Gasteiger partial charge in [0.05, 0.1) is 18.1 Å². The average molecular weight is 288 g/mol. The maximum absolute atomic E-state index is 10.9. The van der Waals surface area contributed by atoms with Crippen molar-refractivity contribution in [3.05, 3.63) is 39.4 Å². The Morgan fingerprint density at radius 3 is 2.69 bits per heavy atom. The van der Waals surface area contributed by atoms with Gasteiger partial charge in [0.1, 0.15) is 0 Å². The van der Waals surface area contributed by atoms with Crippen LogP contribution in [-0.2, 0) is 14.8 Å². The standard InChI is InChI=1S/C10H10BrNO4/c11-6-8-7(10-15-4-5-16-10)2-1-3-9(8)12(13)14/h1-3,10H,4-6H2. The summed E-state index contributed by atoms with van der Waals surface area (Å²) in [5.74, 6) is 0. The predicted octanol–water partition coefficient (Wildman–Crippen LogP) is 2.54. The third-order valence-electron chi connectivity index (χ3n) is 2.39. The number of halogens is 1. The Balaban J connectivity index is 2.43. The predicted molar refractivity (Wildman–Crippen MR) is 60.4 cm³/mol. The fourth-order valence-electron chi connectivity index (χ4n) is 1.67. The lowest BCUT2D eigenvalue weighted by atomic mass is 10.1. The van der Waals surface area contributed by atoms with Crippen LogP contribution in [0.15, 0.2) is 18.2 Å². The van der Waals surface area contributed by atoms with Gasteiger partial charge in [-0.2, -0.15) is 0 Å². The van der Waals surface area contributed by atoms with Crippen LogP contribution in [0, 0.1) is 10.1 Å². The molecular formula is C10H10BrNO4. The van der Waals surface area contributed by atoms with Crippen LogP contribution in [0.1, 0.15) is 17.4 Å². The lowest BCUT2D eigenvalue weighted by Crippen LogP contribution is -2.04. The zero-order valence-corrected chi connectivity index (χ0v) is 9.97. The molecule has 0 spiro atoms. The number of nitrogens with zero attached hydrogens (tertiary/aromatic N) is 1. The van der Waals surface area contributed by atoms with Crippen molar-refractivity contribution in [1.82, 2.24) is 0 Å². The highest BCUT2D eigenvalue weighted by molar-refractivity contribution is 9.08. The van der Waals surface area contributed by atoms with Gasteiger partial charge in [0.2, 0.25) is 0 Å². The van der Waals surface area contributed by atoms with Gasteiger partial charge in [0.15, 0.2) is 6.29 Å². The summed E-state index contributed by atoms with van der Waals surface area (Å²) in [6.07, 6.45) is -0.479. The van der Waals surface area contributed by atoms with Gasteiger partial charge < -0.3 is 9.47 Å². The van der Waals surface area contributed by atoms with E-state index in [0.717, 1.165) is 5.56 Å². The van der Waals surface area contributed by atoms with Crippen LogP contribution in [0.4, 0.5) is 5.69 Å². The molecule has 16 heavy (non-hydrogen) atoms. The molecular weight excluding hydrogens is 278 g/mol. The zero-order chi connectivity index (χ0) is 11.5. The molecule has 1 heterocycles. The zero-order valence-electron chi connectivity index (χ0n) is 8.39. The second-order valence-electron chi connectivity index (χ2n) is 3.31. The number of nitro benzene ring substituents is 1. The molecule has 0 bridgehead atoms. The molecule has 0 aliphatic carbocycles. The largest absolute Gasteiger partial charge is 0.346 e. The maximum atomic E-state index is 10.9. The second-order valence-corrected chi connectivity index (χ2v) is 3.87. The highest BCUT2D eigenvalue weighted by Crippen LogP contribution is 2.32. The molecule has 0 saturated carbocycles. The number of hydrogen-bond donors (Lipinski definition) is 0. The molecule has 1 aliphatic heterocycles. The van der Waals surface area contributed by atoms with Crippen LogP contribution in [0.5, 0.6) is 0 Å². The normalized spacial score (nSPS) is 16.6. The third-order valence-corrected chi connectivity index (χ3v) is 2.95. The second kappa shape index (κ2) is 4.90. The summed E-state index contributed by atoms with van der Waals surface area (Å²) in [6, 6.07) is 4.92. The van der Waals surface area contributed by atoms with Crippen molar-refractivity contribution in [2.24, 2.45) is 0 Å².